The van der Waals surface area contributed by atoms with Gasteiger partial charge in [-0.05, 0) is 41.8 Å². The fraction of sp³-hybridized carbons (Fsp3) is 0.250. The van der Waals surface area contributed by atoms with E-state index in [9.17, 15) is 5.11 Å². The number of hydrogen-bond donors (Lipinski definition) is 2. The molecular formula is C16H19NO3. The predicted molar refractivity (Wildman–Crippen MR) is 78.3 cm³/mol. The summed E-state index contributed by atoms with van der Waals surface area (Å²) in [6, 6.07) is 12.6. The molecule has 0 aromatic heterocycles. The minimum atomic E-state index is -0.170. The average molecular weight is 273 g/mol. The molecule has 0 heterocycles. The summed E-state index contributed by atoms with van der Waals surface area (Å²) in [5.74, 6) is 1.60. The van der Waals surface area contributed by atoms with Crippen LogP contribution in [-0.4, -0.2) is 19.3 Å². The second-order valence-corrected chi connectivity index (χ2v) is 4.59. The Morgan fingerprint density at radius 1 is 1.05 bits per heavy atom. The molecular weight excluding hydrogens is 254 g/mol. The highest BCUT2D eigenvalue weighted by molar-refractivity contribution is 5.44. The second kappa shape index (κ2) is 6.30. The third-order valence-electron chi connectivity index (χ3n) is 3.20. The van der Waals surface area contributed by atoms with E-state index in [1.54, 1.807) is 26.4 Å². The van der Waals surface area contributed by atoms with Crippen molar-refractivity contribution in [2.45, 2.75) is 12.5 Å². The van der Waals surface area contributed by atoms with E-state index in [2.05, 4.69) is 0 Å². The summed E-state index contributed by atoms with van der Waals surface area (Å²) in [7, 11) is 3.20. The SMILES string of the molecule is COc1ccc(C(N)Cc2cccc(O)c2)cc1OC. The van der Waals surface area contributed by atoms with Gasteiger partial charge in [0, 0.05) is 6.04 Å². The molecule has 0 amide bonds. The van der Waals surface area contributed by atoms with Crippen LogP contribution < -0.4 is 15.2 Å². The lowest BCUT2D eigenvalue weighted by molar-refractivity contribution is 0.354. The van der Waals surface area contributed by atoms with Crippen molar-refractivity contribution in [3.05, 3.63) is 53.6 Å². The molecule has 20 heavy (non-hydrogen) atoms. The molecule has 0 spiro atoms. The van der Waals surface area contributed by atoms with Crippen LogP contribution in [0.25, 0.3) is 0 Å². The lowest BCUT2D eigenvalue weighted by atomic mass is 9.99. The number of hydrogen-bond acceptors (Lipinski definition) is 4. The van der Waals surface area contributed by atoms with Crippen LogP contribution in [0.3, 0.4) is 0 Å². The van der Waals surface area contributed by atoms with Crippen LogP contribution in [0.15, 0.2) is 42.5 Å². The summed E-state index contributed by atoms with van der Waals surface area (Å²) >= 11 is 0. The molecule has 0 bridgehead atoms. The van der Waals surface area contributed by atoms with Gasteiger partial charge in [-0.25, -0.2) is 0 Å². The van der Waals surface area contributed by atoms with E-state index >= 15 is 0 Å². The molecule has 2 aromatic rings. The zero-order valence-electron chi connectivity index (χ0n) is 11.7. The predicted octanol–water partition coefficient (Wildman–Crippen LogP) is 2.65. The Bertz CT molecular complexity index is 584. The topological polar surface area (TPSA) is 64.7 Å². The van der Waals surface area contributed by atoms with Gasteiger partial charge in [-0.1, -0.05) is 18.2 Å². The Kier molecular flexibility index (Phi) is 4.48. The number of aromatic hydroxyl groups is 1. The summed E-state index contributed by atoms with van der Waals surface area (Å²) in [5.41, 5.74) is 8.17. The summed E-state index contributed by atoms with van der Waals surface area (Å²) in [4.78, 5) is 0. The van der Waals surface area contributed by atoms with Crippen LogP contribution in [0.5, 0.6) is 17.2 Å². The van der Waals surface area contributed by atoms with Crippen molar-refractivity contribution in [3.63, 3.8) is 0 Å². The second-order valence-electron chi connectivity index (χ2n) is 4.59. The van der Waals surface area contributed by atoms with Crippen molar-refractivity contribution in [1.29, 1.82) is 0 Å². The minimum Gasteiger partial charge on any atom is -0.508 e. The molecule has 4 nitrogen and oxygen atoms in total. The van der Waals surface area contributed by atoms with Crippen molar-refractivity contribution in [1.82, 2.24) is 0 Å². The molecule has 0 aliphatic carbocycles. The molecule has 1 unspecified atom stereocenters. The molecule has 106 valence electrons. The van der Waals surface area contributed by atoms with Crippen molar-refractivity contribution < 1.29 is 14.6 Å². The molecule has 3 N–H and O–H groups in total. The standard InChI is InChI=1S/C16H19NO3/c1-19-15-7-6-12(10-16(15)20-2)14(17)9-11-4-3-5-13(18)8-11/h3-8,10,14,18H,9,17H2,1-2H3. The molecule has 0 saturated heterocycles. The maximum absolute atomic E-state index is 9.47. The van der Waals surface area contributed by atoms with Gasteiger partial charge in [0.25, 0.3) is 0 Å². The molecule has 0 saturated carbocycles. The fourth-order valence-corrected chi connectivity index (χ4v) is 2.14. The van der Waals surface area contributed by atoms with Crippen molar-refractivity contribution in [2.75, 3.05) is 14.2 Å². The average Bonchev–Trinajstić information content (AvgIpc) is 2.46. The lowest BCUT2D eigenvalue weighted by Crippen LogP contribution is -2.13. The number of phenols is 1. The van der Waals surface area contributed by atoms with Crippen LogP contribution >= 0.6 is 0 Å². The molecule has 0 aliphatic heterocycles. The summed E-state index contributed by atoms with van der Waals surface area (Å²) in [6.45, 7) is 0. The number of nitrogens with two attached hydrogens (primary N) is 1. The van der Waals surface area contributed by atoms with Gasteiger partial charge in [0.05, 0.1) is 14.2 Å². The molecule has 2 rings (SSSR count). The van der Waals surface area contributed by atoms with Gasteiger partial charge in [0.1, 0.15) is 5.75 Å². The van der Waals surface area contributed by atoms with Gasteiger partial charge in [-0.3, -0.25) is 0 Å². The van der Waals surface area contributed by atoms with E-state index in [-0.39, 0.29) is 11.8 Å². The van der Waals surface area contributed by atoms with Crippen molar-refractivity contribution in [2.24, 2.45) is 5.73 Å². The van der Waals surface area contributed by atoms with Crippen LogP contribution in [0.1, 0.15) is 17.2 Å². The first-order valence-corrected chi connectivity index (χ1v) is 6.39. The number of methoxy groups -OCH3 is 2. The highest BCUT2D eigenvalue weighted by Gasteiger charge is 2.11. The first-order valence-electron chi connectivity index (χ1n) is 6.39. The minimum absolute atomic E-state index is 0.170. The first-order chi connectivity index (χ1) is 9.63. The molecule has 0 aliphatic rings. The zero-order chi connectivity index (χ0) is 14.5. The number of phenolic OH excluding ortho intramolecular Hbond substituents is 1. The van der Waals surface area contributed by atoms with E-state index < -0.39 is 0 Å². The van der Waals surface area contributed by atoms with Crippen molar-refractivity contribution >= 4 is 0 Å². The van der Waals surface area contributed by atoms with Gasteiger partial charge >= 0.3 is 0 Å². The quantitative estimate of drug-likeness (QED) is 0.879. The van der Waals surface area contributed by atoms with E-state index in [1.165, 1.54) is 0 Å². The Labute approximate surface area is 118 Å². The van der Waals surface area contributed by atoms with Gasteiger partial charge in [0.2, 0.25) is 0 Å². The Balaban J connectivity index is 2.18. The number of rotatable bonds is 5. The summed E-state index contributed by atoms with van der Waals surface area (Å²) < 4.78 is 10.5. The van der Waals surface area contributed by atoms with Crippen LogP contribution in [0.4, 0.5) is 0 Å². The van der Waals surface area contributed by atoms with Gasteiger partial charge in [-0.15, -0.1) is 0 Å². The third-order valence-corrected chi connectivity index (χ3v) is 3.20. The van der Waals surface area contributed by atoms with Gasteiger partial charge in [-0.2, -0.15) is 0 Å². The summed E-state index contributed by atoms with van der Waals surface area (Å²) in [5, 5.41) is 9.47. The van der Waals surface area contributed by atoms with Gasteiger partial charge < -0.3 is 20.3 Å². The van der Waals surface area contributed by atoms with E-state index in [1.807, 2.05) is 30.3 Å². The molecule has 0 fully saturated rings. The molecule has 4 heteroatoms. The highest BCUT2D eigenvalue weighted by atomic mass is 16.5. The summed E-state index contributed by atoms with van der Waals surface area (Å²) in [6.07, 6.45) is 0.643. The Morgan fingerprint density at radius 2 is 1.80 bits per heavy atom. The highest BCUT2D eigenvalue weighted by Crippen LogP contribution is 2.30. The maximum atomic E-state index is 9.47. The molecule has 2 aromatic carbocycles. The monoisotopic (exact) mass is 273 g/mol. The fourth-order valence-electron chi connectivity index (χ4n) is 2.14. The number of ether oxygens (including phenoxy) is 2. The van der Waals surface area contributed by atoms with E-state index in [4.69, 9.17) is 15.2 Å². The van der Waals surface area contributed by atoms with Crippen LogP contribution in [0.2, 0.25) is 0 Å². The van der Waals surface area contributed by atoms with E-state index in [0.29, 0.717) is 17.9 Å². The third kappa shape index (κ3) is 3.22. The smallest absolute Gasteiger partial charge is 0.161 e. The van der Waals surface area contributed by atoms with Gasteiger partial charge in [0.15, 0.2) is 11.5 Å². The lowest BCUT2D eigenvalue weighted by Gasteiger charge is -2.15. The van der Waals surface area contributed by atoms with Crippen LogP contribution in [-0.2, 0) is 6.42 Å². The Hall–Kier alpha value is -2.20. The van der Waals surface area contributed by atoms with Crippen molar-refractivity contribution in [3.8, 4) is 17.2 Å². The normalized spacial score (nSPS) is 11.9. The first kappa shape index (κ1) is 14.2. The molecule has 1 atom stereocenters. The largest absolute Gasteiger partial charge is 0.508 e. The zero-order valence-corrected chi connectivity index (χ0v) is 11.7. The molecule has 0 radical (unpaired) electrons. The maximum Gasteiger partial charge on any atom is 0.161 e. The van der Waals surface area contributed by atoms with E-state index in [0.717, 1.165) is 11.1 Å². The number of benzene rings is 2. The Morgan fingerprint density at radius 3 is 2.45 bits per heavy atom. The van der Waals surface area contributed by atoms with Crippen LogP contribution in [0, 0.1) is 0 Å².